The van der Waals surface area contributed by atoms with Crippen LogP contribution in [0.3, 0.4) is 0 Å². The summed E-state index contributed by atoms with van der Waals surface area (Å²) in [5.74, 6) is 0.832. The average molecular weight is 329 g/mol. The number of carbonyl (C=O) groups is 1. The van der Waals surface area contributed by atoms with Crippen molar-refractivity contribution in [2.75, 3.05) is 19.6 Å². The Hall–Kier alpha value is -1.46. The number of hydrogen-bond donors (Lipinski definition) is 1. The molecule has 1 aromatic heterocycles. The molecule has 0 unspecified atom stereocenters. The molecule has 24 heavy (non-hydrogen) atoms. The average Bonchev–Trinajstić information content (AvgIpc) is 3.36. The number of likely N-dealkylation sites (tertiary alicyclic amines) is 1. The zero-order chi connectivity index (χ0) is 16.4. The van der Waals surface area contributed by atoms with Crippen LogP contribution >= 0.6 is 0 Å². The van der Waals surface area contributed by atoms with E-state index in [1.54, 1.807) is 0 Å². The van der Waals surface area contributed by atoms with Crippen molar-refractivity contribution >= 4 is 5.91 Å². The number of aromatic nitrogens is 1. The van der Waals surface area contributed by atoms with Gasteiger partial charge in [-0.25, -0.2) is 0 Å². The van der Waals surface area contributed by atoms with Crippen LogP contribution < -0.4 is 5.32 Å². The van der Waals surface area contributed by atoms with E-state index in [1.165, 1.54) is 18.4 Å². The van der Waals surface area contributed by atoms with Gasteiger partial charge in [0.15, 0.2) is 0 Å². The van der Waals surface area contributed by atoms with Gasteiger partial charge in [0.25, 0.3) is 0 Å². The number of piperidine rings is 1. The zero-order valence-corrected chi connectivity index (χ0v) is 14.2. The summed E-state index contributed by atoms with van der Waals surface area (Å²) in [5, 5.41) is 3.07. The first kappa shape index (κ1) is 16.0. The fourth-order valence-corrected chi connectivity index (χ4v) is 3.91. The lowest BCUT2D eigenvalue weighted by Crippen LogP contribution is -2.45. The molecule has 3 heterocycles. The summed E-state index contributed by atoms with van der Waals surface area (Å²) in [6, 6.07) is 4.16. The standard InChI is InChI=1S/C19H27N3O2/c23-18(21-13-15-1-2-15)17-3-6-19(24-17)7-11-22(12-8-19)14-16-4-9-20-10-5-16/h4-5,9-10,15,17H,1-3,6-8,11-14H2,(H,21,23)/t17-/m1/s1. The van der Waals surface area contributed by atoms with E-state index in [-0.39, 0.29) is 17.6 Å². The van der Waals surface area contributed by atoms with Crippen molar-refractivity contribution in [3.8, 4) is 0 Å². The number of rotatable bonds is 5. The number of pyridine rings is 1. The Bertz CT molecular complexity index is 565. The van der Waals surface area contributed by atoms with Crippen LogP contribution in [-0.2, 0) is 16.1 Å². The Kier molecular flexibility index (Phi) is 4.55. The van der Waals surface area contributed by atoms with E-state index < -0.39 is 0 Å². The second-order valence-corrected chi connectivity index (χ2v) is 7.65. The predicted octanol–water partition coefficient (Wildman–Crippen LogP) is 2.12. The molecule has 1 spiro atoms. The Morgan fingerprint density at radius 3 is 2.67 bits per heavy atom. The Labute approximate surface area is 143 Å². The summed E-state index contributed by atoms with van der Waals surface area (Å²) in [4.78, 5) is 18.8. The normalized spacial score (nSPS) is 26.6. The van der Waals surface area contributed by atoms with Crippen LogP contribution in [-0.4, -0.2) is 47.1 Å². The van der Waals surface area contributed by atoms with Crippen molar-refractivity contribution in [1.82, 2.24) is 15.2 Å². The van der Waals surface area contributed by atoms with Crippen molar-refractivity contribution in [1.29, 1.82) is 0 Å². The van der Waals surface area contributed by atoms with Gasteiger partial charge in [-0.1, -0.05) is 0 Å². The second kappa shape index (κ2) is 6.81. The Balaban J connectivity index is 1.25. The van der Waals surface area contributed by atoms with Gasteiger partial charge in [-0.15, -0.1) is 0 Å². The van der Waals surface area contributed by atoms with Crippen LogP contribution in [0.25, 0.3) is 0 Å². The van der Waals surface area contributed by atoms with E-state index in [4.69, 9.17) is 4.74 Å². The van der Waals surface area contributed by atoms with Gasteiger partial charge >= 0.3 is 0 Å². The molecule has 0 radical (unpaired) electrons. The lowest BCUT2D eigenvalue weighted by atomic mass is 9.88. The molecule has 2 aliphatic heterocycles. The third-order valence-electron chi connectivity index (χ3n) is 5.73. The van der Waals surface area contributed by atoms with Gasteiger partial charge < -0.3 is 10.1 Å². The van der Waals surface area contributed by atoms with E-state index in [0.29, 0.717) is 0 Å². The van der Waals surface area contributed by atoms with E-state index in [0.717, 1.165) is 57.8 Å². The van der Waals surface area contributed by atoms with Crippen molar-refractivity contribution in [3.05, 3.63) is 30.1 Å². The van der Waals surface area contributed by atoms with E-state index >= 15 is 0 Å². The van der Waals surface area contributed by atoms with Gasteiger partial charge in [0.1, 0.15) is 6.10 Å². The van der Waals surface area contributed by atoms with Gasteiger partial charge in [0.05, 0.1) is 5.60 Å². The molecule has 3 fully saturated rings. The highest BCUT2D eigenvalue weighted by Crippen LogP contribution is 2.39. The minimum atomic E-state index is -0.226. The van der Waals surface area contributed by atoms with Gasteiger partial charge in [-0.2, -0.15) is 0 Å². The van der Waals surface area contributed by atoms with Gasteiger partial charge in [0, 0.05) is 38.6 Å². The first-order valence-electron chi connectivity index (χ1n) is 9.29. The molecule has 1 amide bonds. The number of amides is 1. The summed E-state index contributed by atoms with van der Waals surface area (Å²) in [6.07, 6.45) is 9.98. The third kappa shape index (κ3) is 3.78. The number of ether oxygens (including phenoxy) is 1. The van der Waals surface area contributed by atoms with Crippen LogP contribution in [0.5, 0.6) is 0 Å². The molecule has 1 aromatic rings. The summed E-state index contributed by atoms with van der Waals surface area (Å²) < 4.78 is 6.25. The highest BCUT2D eigenvalue weighted by atomic mass is 16.5. The molecule has 5 nitrogen and oxygen atoms in total. The topological polar surface area (TPSA) is 54.5 Å². The van der Waals surface area contributed by atoms with Gasteiger partial charge in [-0.3, -0.25) is 14.7 Å². The smallest absolute Gasteiger partial charge is 0.249 e. The molecule has 5 heteroatoms. The van der Waals surface area contributed by atoms with Crippen LogP contribution in [0, 0.1) is 5.92 Å². The first-order chi connectivity index (χ1) is 11.7. The molecular weight excluding hydrogens is 302 g/mol. The maximum atomic E-state index is 12.3. The molecule has 1 atom stereocenters. The maximum Gasteiger partial charge on any atom is 0.249 e. The highest BCUT2D eigenvalue weighted by Gasteiger charge is 2.44. The largest absolute Gasteiger partial charge is 0.362 e. The van der Waals surface area contributed by atoms with Crippen molar-refractivity contribution in [2.24, 2.45) is 5.92 Å². The fourth-order valence-electron chi connectivity index (χ4n) is 3.91. The first-order valence-corrected chi connectivity index (χ1v) is 9.29. The lowest BCUT2D eigenvalue weighted by molar-refractivity contribution is -0.140. The van der Waals surface area contributed by atoms with E-state index in [2.05, 4.69) is 27.3 Å². The molecule has 130 valence electrons. The highest BCUT2D eigenvalue weighted by molar-refractivity contribution is 5.81. The molecule has 0 aromatic carbocycles. The van der Waals surface area contributed by atoms with Gasteiger partial charge in [-0.05, 0) is 62.1 Å². The minimum Gasteiger partial charge on any atom is -0.362 e. The molecule has 4 rings (SSSR count). The molecule has 1 N–H and O–H groups in total. The summed E-state index contributed by atoms with van der Waals surface area (Å²) in [6.45, 7) is 3.90. The van der Waals surface area contributed by atoms with Crippen molar-refractivity contribution in [2.45, 2.75) is 56.8 Å². The van der Waals surface area contributed by atoms with Crippen LogP contribution in [0.2, 0.25) is 0 Å². The number of carbonyl (C=O) groups excluding carboxylic acids is 1. The molecule has 1 aliphatic carbocycles. The minimum absolute atomic E-state index is 0.0592. The van der Waals surface area contributed by atoms with Crippen LogP contribution in [0.4, 0.5) is 0 Å². The van der Waals surface area contributed by atoms with E-state index in [9.17, 15) is 4.79 Å². The molecular formula is C19H27N3O2. The van der Waals surface area contributed by atoms with E-state index in [1.807, 2.05) is 12.4 Å². The second-order valence-electron chi connectivity index (χ2n) is 7.65. The van der Waals surface area contributed by atoms with Crippen molar-refractivity contribution < 1.29 is 9.53 Å². The Morgan fingerprint density at radius 2 is 1.96 bits per heavy atom. The zero-order valence-electron chi connectivity index (χ0n) is 14.2. The SMILES string of the molecule is O=C(NCC1CC1)[C@H]1CCC2(CCN(Cc3ccncc3)CC2)O1. The molecule has 3 aliphatic rings. The molecule has 0 bridgehead atoms. The van der Waals surface area contributed by atoms with Gasteiger partial charge in [0.2, 0.25) is 5.91 Å². The summed E-state index contributed by atoms with van der Waals surface area (Å²) in [5.41, 5.74) is 1.25. The lowest BCUT2D eigenvalue weighted by Gasteiger charge is -2.39. The Morgan fingerprint density at radius 1 is 1.21 bits per heavy atom. The van der Waals surface area contributed by atoms with Crippen molar-refractivity contribution in [3.63, 3.8) is 0 Å². The molecule has 1 saturated carbocycles. The summed E-state index contributed by atoms with van der Waals surface area (Å²) in [7, 11) is 0. The summed E-state index contributed by atoms with van der Waals surface area (Å²) >= 11 is 0. The quantitative estimate of drug-likeness (QED) is 0.899. The van der Waals surface area contributed by atoms with Crippen LogP contribution in [0.1, 0.15) is 44.1 Å². The number of hydrogen-bond acceptors (Lipinski definition) is 4. The monoisotopic (exact) mass is 329 g/mol. The number of nitrogens with one attached hydrogen (secondary N) is 1. The third-order valence-corrected chi connectivity index (χ3v) is 5.73. The number of nitrogens with zero attached hydrogens (tertiary/aromatic N) is 2. The maximum absolute atomic E-state index is 12.3. The molecule has 2 saturated heterocycles. The predicted molar refractivity (Wildman–Crippen MR) is 91.3 cm³/mol. The van der Waals surface area contributed by atoms with Crippen LogP contribution in [0.15, 0.2) is 24.5 Å². The fraction of sp³-hybridized carbons (Fsp3) is 0.684.